The molecular formula is C19H21NO4. The number of carboxylic acid groups (broad SMARTS) is 1. The van der Waals surface area contributed by atoms with Crippen LogP contribution in [-0.4, -0.2) is 29.6 Å². The van der Waals surface area contributed by atoms with Gasteiger partial charge in [-0.1, -0.05) is 48.5 Å². The second kappa shape index (κ2) is 7.64. The zero-order chi connectivity index (χ0) is 17.6. The van der Waals surface area contributed by atoms with Crippen LogP contribution in [0, 0.1) is 0 Å². The Kier molecular flexibility index (Phi) is 5.58. The lowest BCUT2D eigenvalue weighted by Gasteiger charge is -2.26. The van der Waals surface area contributed by atoms with Crippen LogP contribution in [0.3, 0.4) is 0 Å². The zero-order valence-corrected chi connectivity index (χ0v) is 13.7. The molecule has 0 radical (unpaired) electrons. The molecule has 2 rings (SSSR count). The smallest absolute Gasteiger partial charge is 0.315 e. The number of carbonyl (C=O) groups is 2. The summed E-state index contributed by atoms with van der Waals surface area (Å²) >= 11 is 0. The highest BCUT2D eigenvalue weighted by Gasteiger charge is 2.36. The molecule has 0 saturated carbocycles. The second-order valence-electron chi connectivity index (χ2n) is 5.79. The van der Waals surface area contributed by atoms with Gasteiger partial charge in [0, 0.05) is 6.54 Å². The fraction of sp³-hybridized carbons (Fsp3) is 0.263. The molecule has 0 aliphatic carbocycles. The Morgan fingerprint density at radius 1 is 1.08 bits per heavy atom. The van der Waals surface area contributed by atoms with Crippen molar-refractivity contribution in [3.05, 3.63) is 66.2 Å². The topological polar surface area (TPSA) is 75.6 Å². The van der Waals surface area contributed by atoms with Crippen molar-refractivity contribution in [2.75, 3.05) is 6.54 Å². The third kappa shape index (κ3) is 4.13. The van der Waals surface area contributed by atoms with E-state index in [1.54, 1.807) is 50.2 Å². The molecule has 1 amide bonds. The van der Waals surface area contributed by atoms with Crippen molar-refractivity contribution in [3.8, 4) is 5.75 Å². The van der Waals surface area contributed by atoms with E-state index >= 15 is 0 Å². The number of rotatable bonds is 7. The molecule has 2 aromatic carbocycles. The molecule has 2 N–H and O–H groups in total. The predicted octanol–water partition coefficient (Wildman–Crippen LogP) is 2.61. The van der Waals surface area contributed by atoms with Crippen molar-refractivity contribution < 1.29 is 19.4 Å². The molecule has 0 bridgehead atoms. The van der Waals surface area contributed by atoms with E-state index in [-0.39, 0.29) is 12.5 Å². The summed E-state index contributed by atoms with van der Waals surface area (Å²) in [6, 6.07) is 17.9. The van der Waals surface area contributed by atoms with Gasteiger partial charge >= 0.3 is 5.97 Å². The van der Waals surface area contributed by atoms with Gasteiger partial charge in [-0.2, -0.15) is 0 Å². The van der Waals surface area contributed by atoms with Crippen LogP contribution < -0.4 is 10.1 Å². The molecule has 5 heteroatoms. The molecule has 0 heterocycles. The molecule has 2 atom stereocenters. The number of carboxylic acids is 1. The fourth-order valence-electron chi connectivity index (χ4n) is 2.27. The van der Waals surface area contributed by atoms with E-state index < -0.39 is 17.5 Å². The first-order valence-corrected chi connectivity index (χ1v) is 7.72. The van der Waals surface area contributed by atoms with Crippen LogP contribution >= 0.6 is 0 Å². The number of para-hydroxylation sites is 1. The maximum Gasteiger partial charge on any atom is 0.315 e. The van der Waals surface area contributed by atoms with Crippen LogP contribution in [0.5, 0.6) is 5.75 Å². The number of hydrogen-bond acceptors (Lipinski definition) is 3. The second-order valence-corrected chi connectivity index (χ2v) is 5.79. The van der Waals surface area contributed by atoms with Crippen LogP contribution in [0.15, 0.2) is 60.7 Å². The third-order valence-electron chi connectivity index (χ3n) is 3.92. The highest BCUT2D eigenvalue weighted by atomic mass is 16.5. The van der Waals surface area contributed by atoms with Gasteiger partial charge in [0.15, 0.2) is 6.10 Å². The molecule has 0 fully saturated rings. The minimum atomic E-state index is -1.20. The first kappa shape index (κ1) is 17.5. The molecule has 2 unspecified atom stereocenters. The zero-order valence-electron chi connectivity index (χ0n) is 13.7. The normalized spacial score (nSPS) is 14.2. The summed E-state index contributed by atoms with van der Waals surface area (Å²) in [6.07, 6.45) is -0.721. The SMILES string of the molecule is CC(Oc1ccccc1)C(=O)NCC(C)(C(=O)O)c1ccccc1. The van der Waals surface area contributed by atoms with Crippen LogP contribution in [0.4, 0.5) is 0 Å². The van der Waals surface area contributed by atoms with E-state index in [9.17, 15) is 14.7 Å². The van der Waals surface area contributed by atoms with Crippen molar-refractivity contribution in [2.24, 2.45) is 0 Å². The molecular weight excluding hydrogens is 306 g/mol. The number of amides is 1. The Balaban J connectivity index is 2.01. The number of carbonyl (C=O) groups excluding carboxylic acids is 1. The van der Waals surface area contributed by atoms with E-state index in [0.29, 0.717) is 11.3 Å². The first-order chi connectivity index (χ1) is 11.4. The van der Waals surface area contributed by atoms with Gasteiger partial charge < -0.3 is 15.2 Å². The van der Waals surface area contributed by atoms with Gasteiger partial charge in [-0.3, -0.25) is 9.59 Å². The van der Waals surface area contributed by atoms with Crippen molar-refractivity contribution in [1.82, 2.24) is 5.32 Å². The van der Waals surface area contributed by atoms with E-state index in [4.69, 9.17) is 4.74 Å². The summed E-state index contributed by atoms with van der Waals surface area (Å²) in [6.45, 7) is 3.20. The van der Waals surface area contributed by atoms with Gasteiger partial charge in [0.2, 0.25) is 0 Å². The average Bonchev–Trinajstić information content (AvgIpc) is 2.60. The standard InChI is InChI=1S/C19H21NO4/c1-14(24-16-11-7-4-8-12-16)17(21)20-13-19(2,18(22)23)15-9-5-3-6-10-15/h3-12,14H,13H2,1-2H3,(H,20,21)(H,22,23). The molecule has 126 valence electrons. The number of benzene rings is 2. The summed E-state index contributed by atoms with van der Waals surface area (Å²) in [7, 11) is 0. The maximum absolute atomic E-state index is 12.2. The van der Waals surface area contributed by atoms with Crippen molar-refractivity contribution in [2.45, 2.75) is 25.4 Å². The van der Waals surface area contributed by atoms with Gasteiger partial charge in [0.1, 0.15) is 11.2 Å². The Bertz CT molecular complexity index is 687. The molecule has 0 spiro atoms. The van der Waals surface area contributed by atoms with E-state index in [1.165, 1.54) is 0 Å². The number of aliphatic carboxylic acids is 1. The maximum atomic E-state index is 12.2. The summed E-state index contributed by atoms with van der Waals surface area (Å²) < 4.78 is 5.55. The van der Waals surface area contributed by atoms with Crippen molar-refractivity contribution in [1.29, 1.82) is 0 Å². The van der Waals surface area contributed by atoms with E-state index in [0.717, 1.165) is 0 Å². The third-order valence-corrected chi connectivity index (χ3v) is 3.92. The highest BCUT2D eigenvalue weighted by molar-refractivity contribution is 5.84. The first-order valence-electron chi connectivity index (χ1n) is 7.72. The summed E-state index contributed by atoms with van der Waals surface area (Å²) in [5.74, 6) is -0.767. The Hall–Kier alpha value is -2.82. The van der Waals surface area contributed by atoms with Gasteiger partial charge in [0.25, 0.3) is 5.91 Å². The largest absolute Gasteiger partial charge is 0.481 e. The van der Waals surface area contributed by atoms with Crippen LogP contribution in [-0.2, 0) is 15.0 Å². The van der Waals surface area contributed by atoms with Gasteiger partial charge in [-0.15, -0.1) is 0 Å². The van der Waals surface area contributed by atoms with E-state index in [2.05, 4.69) is 5.32 Å². The van der Waals surface area contributed by atoms with Crippen molar-refractivity contribution >= 4 is 11.9 Å². The minimum Gasteiger partial charge on any atom is -0.481 e. The average molecular weight is 327 g/mol. The molecule has 0 aliphatic heterocycles. The van der Waals surface area contributed by atoms with Crippen LogP contribution in [0.25, 0.3) is 0 Å². The fourth-order valence-corrected chi connectivity index (χ4v) is 2.27. The van der Waals surface area contributed by atoms with Gasteiger partial charge in [-0.05, 0) is 31.5 Å². The van der Waals surface area contributed by atoms with Crippen LogP contribution in [0.2, 0.25) is 0 Å². The Labute approximate surface area is 141 Å². The van der Waals surface area contributed by atoms with Crippen LogP contribution in [0.1, 0.15) is 19.4 Å². The lowest BCUT2D eigenvalue weighted by atomic mass is 9.82. The lowest BCUT2D eigenvalue weighted by Crippen LogP contribution is -2.47. The summed E-state index contributed by atoms with van der Waals surface area (Å²) in [5, 5.41) is 12.3. The molecule has 5 nitrogen and oxygen atoms in total. The van der Waals surface area contributed by atoms with E-state index in [1.807, 2.05) is 24.3 Å². The molecule has 24 heavy (non-hydrogen) atoms. The van der Waals surface area contributed by atoms with Gasteiger partial charge in [-0.25, -0.2) is 0 Å². The monoisotopic (exact) mass is 327 g/mol. The number of hydrogen-bond donors (Lipinski definition) is 2. The minimum absolute atomic E-state index is 0.0202. The Morgan fingerprint density at radius 3 is 2.17 bits per heavy atom. The summed E-state index contributed by atoms with van der Waals surface area (Å²) in [5.41, 5.74) is -0.571. The number of nitrogens with one attached hydrogen (secondary N) is 1. The van der Waals surface area contributed by atoms with Gasteiger partial charge in [0.05, 0.1) is 0 Å². The molecule has 2 aromatic rings. The Morgan fingerprint density at radius 2 is 1.62 bits per heavy atom. The number of ether oxygens (including phenoxy) is 1. The predicted molar refractivity (Wildman–Crippen MR) is 91.0 cm³/mol. The quantitative estimate of drug-likeness (QED) is 0.820. The lowest BCUT2D eigenvalue weighted by molar-refractivity contribution is -0.143. The van der Waals surface area contributed by atoms with Crippen molar-refractivity contribution in [3.63, 3.8) is 0 Å². The molecule has 0 saturated heterocycles. The summed E-state index contributed by atoms with van der Waals surface area (Å²) in [4.78, 5) is 23.9. The highest BCUT2D eigenvalue weighted by Crippen LogP contribution is 2.23. The molecule has 0 aromatic heterocycles. The molecule has 0 aliphatic rings.